The molecule has 0 unspecified atom stereocenters. The zero-order valence-corrected chi connectivity index (χ0v) is 12.1. The Hall–Kier alpha value is -1.63. The van der Waals surface area contributed by atoms with E-state index in [1.165, 1.54) is 0 Å². The Kier molecular flexibility index (Phi) is 3.14. The lowest BCUT2D eigenvalue weighted by atomic mass is 10.4. The number of nitrogens with one attached hydrogen (secondary N) is 1. The fourth-order valence-electron chi connectivity index (χ4n) is 1.93. The summed E-state index contributed by atoms with van der Waals surface area (Å²) in [7, 11) is 1.84. The number of fused-ring (bicyclic) bond motifs is 1. The Bertz CT molecular complexity index is 622. The zero-order valence-electron chi connectivity index (χ0n) is 10.5. The normalized spacial score (nSPS) is 14.6. The van der Waals surface area contributed by atoms with Gasteiger partial charge in [0.15, 0.2) is 11.5 Å². The molecule has 2 heterocycles. The predicted molar refractivity (Wildman–Crippen MR) is 75.1 cm³/mol. The van der Waals surface area contributed by atoms with Gasteiger partial charge in [-0.15, -0.1) is 0 Å². The number of likely N-dealkylation sites (N-methyl/N-ethyl adjacent to an activating group) is 1. The molecule has 2 aromatic heterocycles. The highest BCUT2D eigenvalue weighted by Crippen LogP contribution is 2.21. The van der Waals surface area contributed by atoms with Gasteiger partial charge in [-0.05, 0) is 28.8 Å². The van der Waals surface area contributed by atoms with E-state index in [9.17, 15) is 4.79 Å². The third kappa shape index (κ3) is 2.70. The Labute approximate surface area is 119 Å². The van der Waals surface area contributed by atoms with Crippen molar-refractivity contribution in [3.8, 4) is 0 Å². The summed E-state index contributed by atoms with van der Waals surface area (Å²) in [6, 6.07) is 0.378. The highest BCUT2D eigenvalue weighted by atomic mass is 79.9. The second-order valence-corrected chi connectivity index (χ2v) is 5.56. The van der Waals surface area contributed by atoms with Crippen LogP contribution < -0.4 is 10.2 Å². The number of halogens is 1. The molecule has 3 rings (SSSR count). The monoisotopic (exact) mass is 323 g/mol. The topological polar surface area (TPSA) is 62.5 Å². The van der Waals surface area contributed by atoms with E-state index in [1.807, 2.05) is 28.7 Å². The Balaban J connectivity index is 1.81. The third-order valence-corrected chi connectivity index (χ3v) is 3.39. The zero-order chi connectivity index (χ0) is 13.4. The van der Waals surface area contributed by atoms with Gasteiger partial charge < -0.3 is 14.6 Å². The number of imidazole rings is 1. The first-order valence-corrected chi connectivity index (χ1v) is 6.92. The molecule has 1 fully saturated rings. The van der Waals surface area contributed by atoms with E-state index in [-0.39, 0.29) is 12.5 Å². The van der Waals surface area contributed by atoms with E-state index in [1.54, 1.807) is 6.20 Å². The van der Waals surface area contributed by atoms with Gasteiger partial charge in [-0.2, -0.15) is 0 Å². The summed E-state index contributed by atoms with van der Waals surface area (Å²) in [5.74, 6) is 0.710. The van der Waals surface area contributed by atoms with E-state index in [0.29, 0.717) is 16.5 Å². The number of amides is 1. The summed E-state index contributed by atoms with van der Waals surface area (Å²) in [6.45, 7) is 0.280. The molecule has 2 aromatic rings. The maximum absolute atomic E-state index is 11.8. The fourth-order valence-corrected chi connectivity index (χ4v) is 2.32. The fraction of sp³-hybridized carbons (Fsp3) is 0.417. The Morgan fingerprint density at radius 2 is 2.42 bits per heavy atom. The van der Waals surface area contributed by atoms with Crippen LogP contribution >= 0.6 is 15.9 Å². The molecule has 0 spiro atoms. The molecule has 6 nitrogen and oxygen atoms in total. The van der Waals surface area contributed by atoms with Crippen LogP contribution in [-0.2, 0) is 4.79 Å². The van der Waals surface area contributed by atoms with Crippen LogP contribution in [0.25, 0.3) is 5.65 Å². The minimum atomic E-state index is 0.0245. The molecular formula is C12H14BrN5O. The number of hydrogen-bond acceptors (Lipinski definition) is 4. The van der Waals surface area contributed by atoms with Crippen molar-refractivity contribution in [2.24, 2.45) is 0 Å². The summed E-state index contributed by atoms with van der Waals surface area (Å²) in [4.78, 5) is 22.3. The van der Waals surface area contributed by atoms with Crippen LogP contribution in [0.5, 0.6) is 0 Å². The van der Waals surface area contributed by atoms with E-state index in [2.05, 4.69) is 31.2 Å². The van der Waals surface area contributed by atoms with Gasteiger partial charge in [0.05, 0.1) is 6.54 Å². The largest absolute Gasteiger partial charge is 0.352 e. The minimum absolute atomic E-state index is 0.0245. The van der Waals surface area contributed by atoms with Gasteiger partial charge in [0.1, 0.15) is 4.60 Å². The van der Waals surface area contributed by atoms with Crippen molar-refractivity contribution in [3.63, 3.8) is 0 Å². The minimum Gasteiger partial charge on any atom is -0.352 e. The van der Waals surface area contributed by atoms with Crippen molar-refractivity contribution in [2.75, 3.05) is 18.5 Å². The molecule has 1 aliphatic rings. The van der Waals surface area contributed by atoms with Crippen LogP contribution in [0.3, 0.4) is 0 Å². The molecule has 7 heteroatoms. The molecular weight excluding hydrogens is 310 g/mol. The van der Waals surface area contributed by atoms with E-state index in [4.69, 9.17) is 0 Å². The predicted octanol–water partition coefficient (Wildman–Crippen LogP) is 1.21. The molecule has 100 valence electrons. The van der Waals surface area contributed by atoms with Crippen LogP contribution in [0.2, 0.25) is 0 Å². The number of anilines is 1. The molecule has 0 aliphatic heterocycles. The van der Waals surface area contributed by atoms with Gasteiger partial charge in [-0.1, -0.05) is 0 Å². The van der Waals surface area contributed by atoms with Gasteiger partial charge >= 0.3 is 0 Å². The average molecular weight is 324 g/mol. The summed E-state index contributed by atoms with van der Waals surface area (Å²) in [6.07, 6.45) is 7.59. The third-order valence-electron chi connectivity index (χ3n) is 3.01. The summed E-state index contributed by atoms with van der Waals surface area (Å²) < 4.78 is 2.59. The van der Waals surface area contributed by atoms with Crippen LogP contribution in [0.4, 0.5) is 5.82 Å². The molecule has 0 saturated heterocycles. The second kappa shape index (κ2) is 4.80. The van der Waals surface area contributed by atoms with Gasteiger partial charge in [0.25, 0.3) is 0 Å². The number of carbonyl (C=O) groups excluding carboxylic acids is 1. The number of aromatic nitrogens is 3. The lowest BCUT2D eigenvalue weighted by Gasteiger charge is -2.18. The van der Waals surface area contributed by atoms with Crippen LogP contribution in [0.15, 0.2) is 23.2 Å². The van der Waals surface area contributed by atoms with Crippen molar-refractivity contribution in [2.45, 2.75) is 18.9 Å². The van der Waals surface area contributed by atoms with Crippen LogP contribution in [-0.4, -0.2) is 39.9 Å². The number of hydrogen-bond donors (Lipinski definition) is 1. The van der Waals surface area contributed by atoms with Crippen molar-refractivity contribution in [3.05, 3.63) is 23.2 Å². The quantitative estimate of drug-likeness (QED) is 0.918. The SMILES string of the molecule is CN(CC(=O)NC1CC1)c1nc(Br)cn2ccnc12. The molecule has 0 bridgehead atoms. The second-order valence-electron chi connectivity index (χ2n) is 4.74. The van der Waals surface area contributed by atoms with Gasteiger partial charge in [0, 0.05) is 31.7 Å². The van der Waals surface area contributed by atoms with Gasteiger partial charge in [-0.25, -0.2) is 9.97 Å². The standard InChI is InChI=1S/C12H14BrN5O/c1-17(7-10(19)15-8-2-3-8)12-11-14-4-5-18(11)6-9(13)16-12/h4-6,8H,2-3,7H2,1H3,(H,15,19). The number of carbonyl (C=O) groups is 1. The molecule has 0 atom stereocenters. The van der Waals surface area contributed by atoms with Crippen molar-refractivity contribution < 1.29 is 4.79 Å². The maximum Gasteiger partial charge on any atom is 0.239 e. The molecule has 0 aromatic carbocycles. The highest BCUT2D eigenvalue weighted by Gasteiger charge is 2.24. The molecule has 1 aliphatic carbocycles. The molecule has 0 radical (unpaired) electrons. The van der Waals surface area contributed by atoms with E-state index < -0.39 is 0 Å². The summed E-state index contributed by atoms with van der Waals surface area (Å²) >= 11 is 3.37. The molecule has 1 saturated carbocycles. The Morgan fingerprint density at radius 1 is 1.63 bits per heavy atom. The summed E-state index contributed by atoms with van der Waals surface area (Å²) in [5.41, 5.74) is 0.741. The van der Waals surface area contributed by atoms with E-state index >= 15 is 0 Å². The lowest BCUT2D eigenvalue weighted by Crippen LogP contribution is -2.36. The first kappa shape index (κ1) is 12.4. The average Bonchev–Trinajstić information content (AvgIpc) is 3.03. The van der Waals surface area contributed by atoms with Crippen LogP contribution in [0, 0.1) is 0 Å². The van der Waals surface area contributed by atoms with Gasteiger partial charge in [0.2, 0.25) is 5.91 Å². The first-order valence-electron chi connectivity index (χ1n) is 6.13. The summed E-state index contributed by atoms with van der Waals surface area (Å²) in [5, 5.41) is 2.96. The Morgan fingerprint density at radius 3 is 3.16 bits per heavy atom. The number of nitrogens with zero attached hydrogens (tertiary/aromatic N) is 4. The maximum atomic E-state index is 11.8. The van der Waals surface area contributed by atoms with Crippen molar-refractivity contribution in [1.29, 1.82) is 0 Å². The molecule has 1 N–H and O–H groups in total. The van der Waals surface area contributed by atoms with Gasteiger partial charge in [-0.3, -0.25) is 4.79 Å². The van der Waals surface area contributed by atoms with E-state index in [0.717, 1.165) is 18.5 Å². The molecule has 1 amide bonds. The smallest absolute Gasteiger partial charge is 0.239 e. The molecule has 19 heavy (non-hydrogen) atoms. The van der Waals surface area contributed by atoms with Crippen molar-refractivity contribution >= 4 is 33.3 Å². The first-order chi connectivity index (χ1) is 9.13. The van der Waals surface area contributed by atoms with Crippen LogP contribution in [0.1, 0.15) is 12.8 Å². The lowest BCUT2D eigenvalue weighted by molar-refractivity contribution is -0.119. The highest BCUT2D eigenvalue weighted by molar-refractivity contribution is 9.10. The number of rotatable bonds is 4. The van der Waals surface area contributed by atoms with Crippen molar-refractivity contribution in [1.82, 2.24) is 19.7 Å².